The first-order chi connectivity index (χ1) is 8.32. The molecule has 18 heavy (non-hydrogen) atoms. The zero-order valence-corrected chi connectivity index (χ0v) is 9.37. The summed E-state index contributed by atoms with van der Waals surface area (Å²) in [5.41, 5.74) is 0. The van der Waals surface area contributed by atoms with Crippen molar-refractivity contribution in [3.05, 3.63) is 0 Å². The number of rotatable bonds is 3. The van der Waals surface area contributed by atoms with E-state index >= 15 is 0 Å². The van der Waals surface area contributed by atoms with Crippen molar-refractivity contribution >= 4 is 11.9 Å². The topological polar surface area (TPSA) is 55.8 Å². The van der Waals surface area contributed by atoms with Crippen LogP contribution in [-0.2, 0) is 19.1 Å². The molecule has 104 valence electrons. The third-order valence-electron chi connectivity index (χ3n) is 2.42. The highest BCUT2D eigenvalue weighted by Gasteiger charge is 2.53. The molecule has 1 unspecified atom stereocenters. The molecule has 5 nitrogen and oxygen atoms in total. The number of halogens is 4. The molecular weight excluding hydrogens is 262 g/mol. The van der Waals surface area contributed by atoms with Gasteiger partial charge in [0.25, 0.3) is 5.91 Å². The van der Waals surface area contributed by atoms with Crippen molar-refractivity contribution in [2.24, 2.45) is 0 Å². The number of esters is 1. The summed E-state index contributed by atoms with van der Waals surface area (Å²) in [6, 6.07) is -1.43. The molecule has 1 aliphatic rings. The van der Waals surface area contributed by atoms with Gasteiger partial charge in [-0.3, -0.25) is 4.79 Å². The Kier molecular flexibility index (Phi) is 4.49. The number of methoxy groups -OCH3 is 1. The zero-order chi connectivity index (χ0) is 13.9. The molecule has 1 aliphatic heterocycles. The highest BCUT2D eigenvalue weighted by molar-refractivity contribution is 5.89. The van der Waals surface area contributed by atoms with Crippen molar-refractivity contribution in [1.29, 1.82) is 0 Å². The van der Waals surface area contributed by atoms with Gasteiger partial charge in [0, 0.05) is 6.54 Å². The molecule has 1 heterocycles. The van der Waals surface area contributed by atoms with E-state index in [0.29, 0.717) is 4.90 Å². The molecule has 0 aliphatic carbocycles. The quantitative estimate of drug-likeness (QED) is 0.548. The van der Waals surface area contributed by atoms with Crippen molar-refractivity contribution in [3.8, 4) is 0 Å². The van der Waals surface area contributed by atoms with Crippen molar-refractivity contribution in [3.63, 3.8) is 0 Å². The van der Waals surface area contributed by atoms with E-state index in [9.17, 15) is 27.2 Å². The molecule has 1 amide bonds. The van der Waals surface area contributed by atoms with Gasteiger partial charge in [0.1, 0.15) is 0 Å². The van der Waals surface area contributed by atoms with Crippen LogP contribution in [0.25, 0.3) is 0 Å². The van der Waals surface area contributed by atoms with E-state index < -0.39 is 30.3 Å². The van der Waals surface area contributed by atoms with Crippen LogP contribution in [0, 0.1) is 0 Å². The smallest absolute Gasteiger partial charge is 0.383 e. The SMILES string of the molecule is COC(=O)C1COCCN1C(=O)C(F)(F)C(F)F. The normalized spacial score (nSPS) is 21.0. The number of nitrogens with zero attached hydrogens (tertiary/aromatic N) is 1. The van der Waals surface area contributed by atoms with Crippen LogP contribution in [0.1, 0.15) is 0 Å². The minimum Gasteiger partial charge on any atom is -0.467 e. The van der Waals surface area contributed by atoms with Gasteiger partial charge in [-0.25, -0.2) is 13.6 Å². The summed E-state index contributed by atoms with van der Waals surface area (Å²) in [5, 5.41) is 0. The van der Waals surface area contributed by atoms with Crippen LogP contribution in [0.4, 0.5) is 17.6 Å². The number of hydrogen-bond donors (Lipinski definition) is 0. The summed E-state index contributed by atoms with van der Waals surface area (Å²) in [7, 11) is 0.991. The predicted molar refractivity (Wildman–Crippen MR) is 49.3 cm³/mol. The van der Waals surface area contributed by atoms with E-state index in [-0.39, 0.29) is 19.8 Å². The molecule has 0 aromatic rings. The van der Waals surface area contributed by atoms with Crippen LogP contribution in [0.3, 0.4) is 0 Å². The van der Waals surface area contributed by atoms with Crippen molar-refractivity contribution < 1.29 is 36.6 Å². The van der Waals surface area contributed by atoms with Gasteiger partial charge in [-0.15, -0.1) is 0 Å². The zero-order valence-electron chi connectivity index (χ0n) is 9.37. The number of hydrogen-bond acceptors (Lipinski definition) is 4. The molecular formula is C9H11F4NO4. The van der Waals surface area contributed by atoms with E-state index in [1.54, 1.807) is 0 Å². The summed E-state index contributed by atoms with van der Waals surface area (Å²) in [6.07, 6.45) is -4.13. The Labute approximate surface area is 99.6 Å². The summed E-state index contributed by atoms with van der Waals surface area (Å²) in [4.78, 5) is 22.9. The lowest BCUT2D eigenvalue weighted by Crippen LogP contribution is -2.58. The first kappa shape index (κ1) is 14.7. The highest BCUT2D eigenvalue weighted by Crippen LogP contribution is 2.27. The van der Waals surface area contributed by atoms with E-state index in [4.69, 9.17) is 4.74 Å². The standard InChI is InChI=1S/C9H11F4NO4/c1-17-6(15)5-4-18-3-2-14(5)8(16)9(12,13)7(10)11/h5,7H,2-4H2,1H3. The maximum atomic E-state index is 12.9. The second-order valence-electron chi connectivity index (χ2n) is 3.54. The molecule has 0 N–H and O–H groups in total. The van der Waals surface area contributed by atoms with Crippen LogP contribution in [-0.4, -0.2) is 62.0 Å². The lowest BCUT2D eigenvalue weighted by molar-refractivity contribution is -0.191. The molecule has 0 radical (unpaired) electrons. The Morgan fingerprint density at radius 3 is 2.56 bits per heavy atom. The second-order valence-corrected chi connectivity index (χ2v) is 3.54. The van der Waals surface area contributed by atoms with Gasteiger partial charge in [-0.1, -0.05) is 0 Å². The third kappa shape index (κ3) is 2.71. The third-order valence-corrected chi connectivity index (χ3v) is 2.42. The fourth-order valence-corrected chi connectivity index (χ4v) is 1.46. The Morgan fingerprint density at radius 2 is 2.06 bits per heavy atom. The Bertz CT molecular complexity index is 337. The minimum absolute atomic E-state index is 0.113. The molecule has 1 rings (SSSR count). The second kappa shape index (κ2) is 5.51. The van der Waals surface area contributed by atoms with Gasteiger partial charge < -0.3 is 14.4 Å². The number of ether oxygens (including phenoxy) is 2. The summed E-state index contributed by atoms with van der Waals surface area (Å²) in [6.45, 7) is -0.850. The van der Waals surface area contributed by atoms with Crippen molar-refractivity contribution in [1.82, 2.24) is 4.90 Å². The largest absolute Gasteiger partial charge is 0.467 e. The average Bonchev–Trinajstić information content (AvgIpc) is 2.36. The average molecular weight is 273 g/mol. The molecule has 0 saturated carbocycles. The lowest BCUT2D eigenvalue weighted by Gasteiger charge is -2.35. The van der Waals surface area contributed by atoms with Gasteiger partial charge in [0.2, 0.25) is 0 Å². The molecule has 1 saturated heterocycles. The highest BCUT2D eigenvalue weighted by atomic mass is 19.3. The van der Waals surface area contributed by atoms with Crippen molar-refractivity contribution in [2.75, 3.05) is 26.9 Å². The Hall–Kier alpha value is -1.38. The number of morpholine rings is 1. The first-order valence-electron chi connectivity index (χ1n) is 4.95. The lowest BCUT2D eigenvalue weighted by atomic mass is 10.2. The first-order valence-corrected chi connectivity index (χ1v) is 4.95. The Morgan fingerprint density at radius 1 is 1.44 bits per heavy atom. The predicted octanol–water partition coefficient (Wildman–Crippen LogP) is 0.287. The fraction of sp³-hybridized carbons (Fsp3) is 0.778. The van der Waals surface area contributed by atoms with Gasteiger partial charge >= 0.3 is 18.3 Å². The summed E-state index contributed by atoms with van der Waals surface area (Å²) >= 11 is 0. The molecule has 1 atom stereocenters. The molecule has 1 fully saturated rings. The maximum absolute atomic E-state index is 12.9. The van der Waals surface area contributed by atoms with Gasteiger partial charge in [-0.05, 0) is 0 Å². The van der Waals surface area contributed by atoms with Crippen LogP contribution >= 0.6 is 0 Å². The summed E-state index contributed by atoms with van der Waals surface area (Å²) in [5.74, 6) is -7.92. The van der Waals surface area contributed by atoms with Gasteiger partial charge in [-0.2, -0.15) is 8.78 Å². The monoisotopic (exact) mass is 273 g/mol. The molecule has 0 spiro atoms. The van der Waals surface area contributed by atoms with Crippen LogP contribution in [0.2, 0.25) is 0 Å². The maximum Gasteiger partial charge on any atom is 0.383 e. The minimum atomic E-state index is -4.83. The molecule has 9 heteroatoms. The number of alkyl halides is 4. The van der Waals surface area contributed by atoms with Crippen molar-refractivity contribution in [2.45, 2.75) is 18.4 Å². The van der Waals surface area contributed by atoms with E-state index in [1.165, 1.54) is 0 Å². The van der Waals surface area contributed by atoms with E-state index in [1.807, 2.05) is 0 Å². The number of carbonyl (C=O) groups excluding carboxylic acids is 2. The number of amides is 1. The fourth-order valence-electron chi connectivity index (χ4n) is 1.46. The molecule has 0 aromatic heterocycles. The van der Waals surface area contributed by atoms with Gasteiger partial charge in [0.05, 0.1) is 20.3 Å². The number of carbonyl (C=O) groups is 2. The molecule has 0 aromatic carbocycles. The van der Waals surface area contributed by atoms with Crippen LogP contribution in [0.15, 0.2) is 0 Å². The summed E-state index contributed by atoms with van der Waals surface area (Å²) < 4.78 is 59.2. The van der Waals surface area contributed by atoms with E-state index in [2.05, 4.69) is 4.74 Å². The Balaban J connectivity index is 2.90. The van der Waals surface area contributed by atoms with Crippen LogP contribution in [0.5, 0.6) is 0 Å². The molecule has 0 bridgehead atoms. The van der Waals surface area contributed by atoms with E-state index in [0.717, 1.165) is 7.11 Å². The van der Waals surface area contributed by atoms with Crippen LogP contribution < -0.4 is 0 Å². The van der Waals surface area contributed by atoms with Gasteiger partial charge in [0.15, 0.2) is 6.04 Å².